The SMILES string of the molecule is O=C1[C@H]2Cc3nccnc3C[C@H]2C(=O)N1c1ccccc1. The molecule has 5 nitrogen and oxygen atoms in total. The molecule has 2 aliphatic rings. The quantitative estimate of drug-likeness (QED) is 0.740. The Hall–Kier alpha value is -2.56. The van der Waals surface area contributed by atoms with Gasteiger partial charge in [-0.05, 0) is 12.1 Å². The number of aromatic nitrogens is 2. The lowest BCUT2D eigenvalue weighted by Crippen LogP contribution is -2.30. The van der Waals surface area contributed by atoms with Crippen molar-refractivity contribution in [1.82, 2.24) is 9.97 Å². The maximum Gasteiger partial charge on any atom is 0.238 e. The molecule has 2 amide bonds. The number of hydrogen-bond acceptors (Lipinski definition) is 4. The van der Waals surface area contributed by atoms with E-state index in [2.05, 4.69) is 9.97 Å². The van der Waals surface area contributed by atoms with Crippen molar-refractivity contribution in [3.05, 3.63) is 54.1 Å². The number of amides is 2. The van der Waals surface area contributed by atoms with Crippen LogP contribution < -0.4 is 4.90 Å². The Morgan fingerprint density at radius 2 is 1.38 bits per heavy atom. The molecule has 1 aliphatic carbocycles. The normalized spacial score (nSPS) is 23.9. The van der Waals surface area contributed by atoms with Crippen molar-refractivity contribution >= 4 is 17.5 Å². The van der Waals surface area contributed by atoms with Gasteiger partial charge in [-0.2, -0.15) is 0 Å². The average molecular weight is 279 g/mol. The minimum atomic E-state index is -0.304. The van der Waals surface area contributed by atoms with Crippen LogP contribution >= 0.6 is 0 Å². The molecule has 0 N–H and O–H groups in total. The predicted octanol–water partition coefficient (Wildman–Crippen LogP) is 1.38. The van der Waals surface area contributed by atoms with Crippen LogP contribution in [0.3, 0.4) is 0 Å². The van der Waals surface area contributed by atoms with Crippen LogP contribution in [0.25, 0.3) is 0 Å². The summed E-state index contributed by atoms with van der Waals surface area (Å²) < 4.78 is 0. The number of fused-ring (bicyclic) bond motifs is 2. The van der Waals surface area contributed by atoms with Gasteiger partial charge in [0, 0.05) is 25.2 Å². The smallest absolute Gasteiger partial charge is 0.238 e. The summed E-state index contributed by atoms with van der Waals surface area (Å²) >= 11 is 0. The number of imide groups is 1. The first kappa shape index (κ1) is 12.2. The molecule has 1 fully saturated rings. The lowest BCUT2D eigenvalue weighted by atomic mass is 9.81. The largest absolute Gasteiger partial charge is 0.274 e. The van der Waals surface area contributed by atoms with Gasteiger partial charge in [0.15, 0.2) is 0 Å². The number of anilines is 1. The predicted molar refractivity (Wildman–Crippen MR) is 75.4 cm³/mol. The van der Waals surface area contributed by atoms with Gasteiger partial charge in [0.1, 0.15) is 0 Å². The summed E-state index contributed by atoms with van der Waals surface area (Å²) in [6.45, 7) is 0. The van der Waals surface area contributed by atoms with Crippen LogP contribution in [0.2, 0.25) is 0 Å². The topological polar surface area (TPSA) is 63.2 Å². The van der Waals surface area contributed by atoms with Gasteiger partial charge in [-0.15, -0.1) is 0 Å². The summed E-state index contributed by atoms with van der Waals surface area (Å²) in [5.41, 5.74) is 2.33. The summed E-state index contributed by atoms with van der Waals surface area (Å²) in [6.07, 6.45) is 4.27. The Morgan fingerprint density at radius 3 is 1.90 bits per heavy atom. The molecule has 1 saturated heterocycles. The molecular formula is C16H13N3O2. The highest BCUT2D eigenvalue weighted by molar-refractivity contribution is 6.22. The molecule has 1 aliphatic heterocycles. The van der Waals surface area contributed by atoms with Crippen LogP contribution in [0, 0.1) is 11.8 Å². The molecule has 4 rings (SSSR count). The lowest BCUT2D eigenvalue weighted by Gasteiger charge is -2.21. The van der Waals surface area contributed by atoms with Gasteiger partial charge in [0.05, 0.1) is 28.9 Å². The zero-order valence-electron chi connectivity index (χ0n) is 11.3. The Morgan fingerprint density at radius 1 is 0.857 bits per heavy atom. The van der Waals surface area contributed by atoms with Crippen molar-refractivity contribution in [1.29, 1.82) is 0 Å². The first-order valence-electron chi connectivity index (χ1n) is 6.97. The Labute approximate surface area is 121 Å². The average Bonchev–Trinajstić information content (AvgIpc) is 2.77. The zero-order valence-corrected chi connectivity index (χ0v) is 11.3. The van der Waals surface area contributed by atoms with Gasteiger partial charge in [-0.1, -0.05) is 18.2 Å². The van der Waals surface area contributed by atoms with E-state index >= 15 is 0 Å². The zero-order chi connectivity index (χ0) is 14.4. The molecule has 104 valence electrons. The summed E-state index contributed by atoms with van der Waals surface area (Å²) in [5, 5.41) is 0. The second-order valence-corrected chi connectivity index (χ2v) is 5.42. The van der Waals surface area contributed by atoms with Crippen molar-refractivity contribution < 1.29 is 9.59 Å². The van der Waals surface area contributed by atoms with E-state index in [0.717, 1.165) is 11.4 Å². The summed E-state index contributed by atoms with van der Waals surface area (Å²) in [6, 6.07) is 9.10. The van der Waals surface area contributed by atoms with E-state index in [1.54, 1.807) is 24.5 Å². The molecule has 1 aromatic heterocycles. The number of nitrogens with zero attached hydrogens (tertiary/aromatic N) is 3. The lowest BCUT2D eigenvalue weighted by molar-refractivity contribution is -0.122. The first-order chi connectivity index (χ1) is 10.3. The molecule has 2 heterocycles. The van der Waals surface area contributed by atoms with E-state index in [-0.39, 0.29) is 23.7 Å². The molecule has 21 heavy (non-hydrogen) atoms. The third kappa shape index (κ3) is 1.77. The van der Waals surface area contributed by atoms with E-state index < -0.39 is 0 Å². The molecule has 1 aromatic carbocycles. The highest BCUT2D eigenvalue weighted by atomic mass is 16.2. The summed E-state index contributed by atoms with van der Waals surface area (Å²) in [4.78, 5) is 35.1. The molecule has 5 heteroatoms. The highest BCUT2D eigenvalue weighted by Gasteiger charge is 2.50. The highest BCUT2D eigenvalue weighted by Crippen LogP contribution is 2.38. The van der Waals surface area contributed by atoms with E-state index in [1.165, 1.54) is 4.90 Å². The number of benzene rings is 1. The third-order valence-electron chi connectivity index (χ3n) is 4.26. The Kier molecular flexibility index (Phi) is 2.60. The van der Waals surface area contributed by atoms with Gasteiger partial charge >= 0.3 is 0 Å². The van der Waals surface area contributed by atoms with Crippen LogP contribution in [-0.4, -0.2) is 21.8 Å². The van der Waals surface area contributed by atoms with Gasteiger partial charge < -0.3 is 0 Å². The molecule has 0 saturated carbocycles. The number of carbonyl (C=O) groups excluding carboxylic acids is 2. The standard InChI is InChI=1S/C16H13N3O2/c20-15-11-8-13-14(18-7-6-17-13)9-12(11)16(21)19(15)10-4-2-1-3-5-10/h1-7,11-12H,8-9H2/t11-,12+. The van der Waals surface area contributed by atoms with Crippen molar-refractivity contribution in [2.75, 3.05) is 4.90 Å². The number of carbonyl (C=O) groups is 2. The van der Waals surface area contributed by atoms with Crippen molar-refractivity contribution in [2.45, 2.75) is 12.8 Å². The molecule has 2 atom stereocenters. The van der Waals surface area contributed by atoms with E-state index in [4.69, 9.17) is 0 Å². The van der Waals surface area contributed by atoms with E-state index in [1.807, 2.05) is 18.2 Å². The van der Waals surface area contributed by atoms with Crippen LogP contribution in [0.4, 0.5) is 5.69 Å². The maximum atomic E-state index is 12.6. The molecule has 0 unspecified atom stereocenters. The Bertz CT molecular complexity index is 686. The first-order valence-corrected chi connectivity index (χ1v) is 6.97. The van der Waals surface area contributed by atoms with Crippen LogP contribution in [0.5, 0.6) is 0 Å². The van der Waals surface area contributed by atoms with Gasteiger partial charge in [0.25, 0.3) is 0 Å². The fraction of sp³-hybridized carbons (Fsp3) is 0.250. The number of hydrogen-bond donors (Lipinski definition) is 0. The monoisotopic (exact) mass is 279 g/mol. The third-order valence-corrected chi connectivity index (χ3v) is 4.26. The van der Waals surface area contributed by atoms with Crippen LogP contribution in [-0.2, 0) is 22.4 Å². The minimum Gasteiger partial charge on any atom is -0.274 e. The van der Waals surface area contributed by atoms with E-state index in [9.17, 15) is 9.59 Å². The Balaban J connectivity index is 1.73. The fourth-order valence-corrected chi connectivity index (χ4v) is 3.23. The summed E-state index contributed by atoms with van der Waals surface area (Å²) in [5.74, 6) is -0.844. The van der Waals surface area contributed by atoms with Gasteiger partial charge in [0.2, 0.25) is 11.8 Å². The maximum absolute atomic E-state index is 12.6. The molecule has 0 radical (unpaired) electrons. The molecular weight excluding hydrogens is 266 g/mol. The van der Waals surface area contributed by atoms with Crippen molar-refractivity contribution in [3.63, 3.8) is 0 Å². The molecule has 0 bridgehead atoms. The van der Waals surface area contributed by atoms with Crippen LogP contribution in [0.15, 0.2) is 42.7 Å². The fourth-order valence-electron chi connectivity index (χ4n) is 3.23. The second-order valence-electron chi connectivity index (χ2n) is 5.42. The van der Waals surface area contributed by atoms with Crippen LogP contribution in [0.1, 0.15) is 11.4 Å². The van der Waals surface area contributed by atoms with Gasteiger partial charge in [-0.25, -0.2) is 0 Å². The summed E-state index contributed by atoms with van der Waals surface area (Å²) in [7, 11) is 0. The molecule has 2 aromatic rings. The van der Waals surface area contributed by atoms with Crippen molar-refractivity contribution in [3.8, 4) is 0 Å². The molecule has 0 spiro atoms. The number of rotatable bonds is 1. The van der Waals surface area contributed by atoms with Gasteiger partial charge in [-0.3, -0.25) is 24.5 Å². The number of para-hydroxylation sites is 1. The second kappa shape index (κ2) is 4.48. The minimum absolute atomic E-state index is 0.118. The van der Waals surface area contributed by atoms with E-state index in [0.29, 0.717) is 18.5 Å². The van der Waals surface area contributed by atoms with Crippen molar-refractivity contribution in [2.24, 2.45) is 11.8 Å².